The van der Waals surface area contributed by atoms with Gasteiger partial charge in [0.2, 0.25) is 0 Å². The molecule has 0 radical (unpaired) electrons. The first-order valence-electron chi connectivity index (χ1n) is 37.0. The smallest absolute Gasteiger partial charge is 0.159 e. The first-order chi connectivity index (χ1) is 44.3. The zero-order valence-corrected chi connectivity index (χ0v) is 52.0. The van der Waals surface area contributed by atoms with Crippen molar-refractivity contribution in [2.45, 2.75) is 181 Å². The fourth-order valence-corrected chi connectivity index (χ4v) is 29.8. The highest BCUT2D eigenvalue weighted by atomic mass is 16.3. The molecule has 0 aliphatic heterocycles. The zero-order chi connectivity index (χ0) is 57.4. The molecule has 9 aromatic rings. The number of rotatable bonds is 4. The molecule has 0 amide bonds. The van der Waals surface area contributed by atoms with Gasteiger partial charge in [0.1, 0.15) is 5.58 Å². The molecule has 1 aromatic heterocycles. The van der Waals surface area contributed by atoms with E-state index in [1.165, 1.54) is 167 Å². The molecule has 90 heavy (non-hydrogen) atoms. The second kappa shape index (κ2) is 15.5. The number of anilines is 3. The lowest BCUT2D eigenvalue weighted by Crippen LogP contribution is -2.50. The third-order valence-corrected chi connectivity index (χ3v) is 32.6. The normalized spacial score (nSPS) is 40.4. The van der Waals surface area contributed by atoms with Crippen LogP contribution in [-0.2, 0) is 5.41 Å². The van der Waals surface area contributed by atoms with E-state index in [-0.39, 0.29) is 0 Å². The van der Waals surface area contributed by atoms with Crippen LogP contribution in [-0.4, -0.2) is 0 Å². The molecule has 2 nitrogen and oxygen atoms in total. The molecule has 19 aliphatic rings. The number of hydrogen-bond donors (Lipinski definition) is 0. The van der Waals surface area contributed by atoms with E-state index in [9.17, 15) is 0 Å². The van der Waals surface area contributed by atoms with Crippen molar-refractivity contribution in [1.82, 2.24) is 0 Å². The maximum atomic E-state index is 7.41. The second-order valence-corrected chi connectivity index (χ2v) is 35.3. The predicted molar refractivity (Wildman–Crippen MR) is 360 cm³/mol. The Bertz CT molecular complexity index is 4790. The molecule has 12 fully saturated rings. The topological polar surface area (TPSA) is 16.4 Å². The first-order valence-corrected chi connectivity index (χ1v) is 37.0. The van der Waals surface area contributed by atoms with Gasteiger partial charge >= 0.3 is 0 Å². The van der Waals surface area contributed by atoms with Crippen LogP contribution in [0.2, 0.25) is 0 Å². The molecule has 12 saturated carbocycles. The second-order valence-electron chi connectivity index (χ2n) is 35.3. The summed E-state index contributed by atoms with van der Waals surface area (Å²) >= 11 is 0. The standard InChI is InChI=1S/C88H79NO/c1-2-7-46(8-3-1)47-13-15-61(16-14-47)89(79-11-6-10-63-62-9-4-5-12-80(62)90-84(63)79)83-81-49-20-44-17-45(21-49)19-48(18-44)70(81)36-78-82(83)73-32-66-52-24-58-29-60-26-54(43-87(58,60)41-52)68(66)35-77(73)88(78)75-33-67-53-25-59-28-57-23-51(40-86(57,59)42-53)65(67)31-72(75)71-30-64-50-22-56-39-85(37-50)38-55(27-74(56)85)69(64)34-76(71)88/h1-16,30-36,44-45,48-60,74H,17-29,37-43H2. The van der Waals surface area contributed by atoms with Gasteiger partial charge in [0.15, 0.2) is 5.58 Å². The minimum absolute atomic E-state index is 0.438. The van der Waals surface area contributed by atoms with Crippen molar-refractivity contribution >= 4 is 39.0 Å². The summed E-state index contributed by atoms with van der Waals surface area (Å²) in [5, 5.41) is 2.43. The van der Waals surface area contributed by atoms with Gasteiger partial charge in [-0.2, -0.15) is 0 Å². The van der Waals surface area contributed by atoms with Crippen molar-refractivity contribution in [3.63, 3.8) is 0 Å². The lowest BCUT2D eigenvalue weighted by atomic mass is 9.46. The molecule has 0 N–H and O–H groups in total. The Morgan fingerprint density at radius 2 is 0.911 bits per heavy atom. The molecule has 0 saturated heterocycles. The van der Waals surface area contributed by atoms with Gasteiger partial charge in [-0.3, -0.25) is 0 Å². The van der Waals surface area contributed by atoms with E-state index in [2.05, 4.69) is 144 Å². The van der Waals surface area contributed by atoms with Gasteiger partial charge in [0.05, 0.1) is 16.8 Å². The predicted octanol–water partition coefficient (Wildman–Crippen LogP) is 22.6. The lowest BCUT2D eigenvalue weighted by Gasteiger charge is -2.59. The van der Waals surface area contributed by atoms with Gasteiger partial charge in [-0.05, 0) is 358 Å². The van der Waals surface area contributed by atoms with E-state index in [1.54, 1.807) is 89.0 Å². The number of para-hydroxylation sites is 2. The summed E-state index contributed by atoms with van der Waals surface area (Å²) in [5.41, 5.74) is 37.3. The van der Waals surface area contributed by atoms with Gasteiger partial charge in [-0.25, -0.2) is 0 Å². The first kappa shape index (κ1) is 48.2. The Labute approximate surface area is 529 Å². The van der Waals surface area contributed by atoms with Crippen LogP contribution in [0, 0.1) is 63.6 Å². The van der Waals surface area contributed by atoms with Crippen LogP contribution in [0.5, 0.6) is 0 Å². The molecular weight excluding hydrogens is 1090 g/mol. The fraction of sp³-hybridized carbons (Fsp3) is 0.455. The van der Waals surface area contributed by atoms with Crippen molar-refractivity contribution < 1.29 is 4.42 Å². The molecule has 18 unspecified atom stereocenters. The highest BCUT2D eigenvalue weighted by Gasteiger charge is 2.69. The van der Waals surface area contributed by atoms with Gasteiger partial charge in [0, 0.05) is 22.0 Å². The Kier molecular flexibility index (Phi) is 8.31. The highest BCUT2D eigenvalue weighted by molar-refractivity contribution is 6.12. The van der Waals surface area contributed by atoms with E-state index < -0.39 is 5.41 Å². The maximum Gasteiger partial charge on any atom is 0.159 e. The van der Waals surface area contributed by atoms with Gasteiger partial charge in [0.25, 0.3) is 0 Å². The van der Waals surface area contributed by atoms with Crippen LogP contribution in [0.3, 0.4) is 0 Å². The Hall–Kier alpha value is -6.64. The molecule has 14 bridgehead atoms. The zero-order valence-electron chi connectivity index (χ0n) is 52.0. The summed E-state index contributed by atoms with van der Waals surface area (Å²) < 4.78 is 7.41. The molecule has 442 valence electrons. The quantitative estimate of drug-likeness (QED) is 0.175. The van der Waals surface area contributed by atoms with Crippen molar-refractivity contribution in [3.05, 3.63) is 206 Å². The molecule has 2 heteroatoms. The average Bonchev–Trinajstić information content (AvgIpc) is 1.48. The van der Waals surface area contributed by atoms with Crippen molar-refractivity contribution in [1.29, 1.82) is 0 Å². The third kappa shape index (κ3) is 5.35. The number of fused-ring (bicyclic) bond motifs is 26. The van der Waals surface area contributed by atoms with E-state index in [4.69, 9.17) is 4.42 Å². The minimum Gasteiger partial charge on any atom is -0.454 e. The van der Waals surface area contributed by atoms with Crippen LogP contribution in [0.1, 0.15) is 243 Å². The van der Waals surface area contributed by atoms with Crippen molar-refractivity contribution in [2.24, 2.45) is 63.6 Å². The van der Waals surface area contributed by atoms with Crippen molar-refractivity contribution in [3.8, 4) is 33.4 Å². The highest BCUT2D eigenvalue weighted by Crippen LogP contribution is 2.81. The van der Waals surface area contributed by atoms with Crippen LogP contribution in [0.25, 0.3) is 55.3 Å². The molecule has 19 aliphatic carbocycles. The molecule has 4 spiro atoms. The monoisotopic (exact) mass is 1170 g/mol. The van der Waals surface area contributed by atoms with Crippen LogP contribution >= 0.6 is 0 Å². The minimum atomic E-state index is -0.438. The Morgan fingerprint density at radius 1 is 0.378 bits per heavy atom. The maximum absolute atomic E-state index is 7.41. The molecular formula is C88H79NO. The lowest BCUT2D eigenvalue weighted by molar-refractivity contribution is -0.0754. The summed E-state index contributed by atoms with van der Waals surface area (Å²) in [6, 6.07) is 58.4. The Morgan fingerprint density at radius 3 is 1.57 bits per heavy atom. The molecule has 18 atom stereocenters. The summed E-state index contributed by atoms with van der Waals surface area (Å²) in [5.74, 6) is 12.5. The van der Waals surface area contributed by atoms with Gasteiger partial charge in [-0.1, -0.05) is 115 Å². The van der Waals surface area contributed by atoms with Crippen LogP contribution < -0.4 is 4.90 Å². The van der Waals surface area contributed by atoms with Gasteiger partial charge < -0.3 is 9.32 Å². The number of benzene rings is 8. The number of hydrogen-bond acceptors (Lipinski definition) is 2. The summed E-state index contributed by atoms with van der Waals surface area (Å²) in [6.07, 6.45) is 28.5. The average molecular weight is 1170 g/mol. The van der Waals surface area contributed by atoms with E-state index in [0.29, 0.717) is 51.8 Å². The fourth-order valence-electron chi connectivity index (χ4n) is 29.8. The molecule has 8 aromatic carbocycles. The van der Waals surface area contributed by atoms with Gasteiger partial charge in [-0.15, -0.1) is 0 Å². The molecule has 1 heterocycles. The SMILES string of the molecule is c1ccc(-c2ccc(N(c3c4c(cc5c3C3CC6CC(CC5C6)C3)C3(c5cc6c(cc5-c5cc7c(cc53)C3CC5CC8CC7CC85C3)C3CC5CC7(C3)CC6CC57)c3cc5c(cc3-4)C3CC4CC6CC5CC46C3)c3cccc4c3oc3ccccc34)cc2)cc1. The Balaban J connectivity index is 0.829. The van der Waals surface area contributed by atoms with E-state index in [1.807, 2.05) is 0 Å². The van der Waals surface area contributed by atoms with E-state index in [0.717, 1.165) is 70.3 Å². The van der Waals surface area contributed by atoms with E-state index >= 15 is 0 Å². The summed E-state index contributed by atoms with van der Waals surface area (Å²) in [7, 11) is 0. The number of nitrogens with zero attached hydrogens (tertiary/aromatic N) is 1. The van der Waals surface area contributed by atoms with Crippen molar-refractivity contribution in [2.75, 3.05) is 4.90 Å². The largest absolute Gasteiger partial charge is 0.454 e. The van der Waals surface area contributed by atoms with Crippen LogP contribution in [0.4, 0.5) is 17.1 Å². The molecule has 28 rings (SSSR count). The number of furan rings is 1. The summed E-state index contributed by atoms with van der Waals surface area (Å²) in [6.45, 7) is 0. The third-order valence-electron chi connectivity index (χ3n) is 32.6. The summed E-state index contributed by atoms with van der Waals surface area (Å²) in [4.78, 5) is 2.88. The van der Waals surface area contributed by atoms with Crippen LogP contribution in [0.15, 0.2) is 144 Å².